The van der Waals surface area contributed by atoms with Crippen molar-refractivity contribution in [3.8, 4) is 11.5 Å². The molecule has 0 unspecified atom stereocenters. The summed E-state index contributed by atoms with van der Waals surface area (Å²) in [6, 6.07) is 13.6. The lowest BCUT2D eigenvalue weighted by Gasteiger charge is -2.13. The van der Waals surface area contributed by atoms with Gasteiger partial charge in [-0.15, -0.1) is 0 Å². The maximum Gasteiger partial charge on any atom is 0.131 e. The zero-order valence-electron chi connectivity index (χ0n) is 12.4. The highest BCUT2D eigenvalue weighted by Gasteiger charge is 2.07. The molecule has 0 aromatic heterocycles. The Morgan fingerprint density at radius 2 is 1.90 bits per heavy atom. The van der Waals surface area contributed by atoms with Gasteiger partial charge in [0.15, 0.2) is 0 Å². The molecule has 2 rings (SSSR count). The lowest BCUT2D eigenvalue weighted by atomic mass is 10.2. The van der Waals surface area contributed by atoms with Crippen molar-refractivity contribution in [2.24, 2.45) is 0 Å². The van der Waals surface area contributed by atoms with E-state index in [9.17, 15) is 0 Å². The van der Waals surface area contributed by atoms with Crippen molar-refractivity contribution in [2.45, 2.75) is 13.5 Å². The largest absolute Gasteiger partial charge is 0.457 e. The first-order chi connectivity index (χ1) is 10.2. The van der Waals surface area contributed by atoms with E-state index in [-0.39, 0.29) is 0 Å². The van der Waals surface area contributed by atoms with Gasteiger partial charge in [-0.1, -0.05) is 35.9 Å². The van der Waals surface area contributed by atoms with Gasteiger partial charge in [-0.05, 0) is 30.7 Å². The molecule has 1 N–H and O–H groups in total. The molecule has 0 aliphatic rings. The third kappa shape index (κ3) is 4.74. The van der Waals surface area contributed by atoms with Crippen LogP contribution in [0.4, 0.5) is 0 Å². The quantitative estimate of drug-likeness (QED) is 0.779. The summed E-state index contributed by atoms with van der Waals surface area (Å²) in [6.45, 7) is 4.24. The predicted molar refractivity (Wildman–Crippen MR) is 86.3 cm³/mol. The Morgan fingerprint density at radius 1 is 1.10 bits per heavy atom. The normalized spacial score (nSPS) is 10.6. The van der Waals surface area contributed by atoms with Crippen LogP contribution in [-0.4, -0.2) is 20.3 Å². The van der Waals surface area contributed by atoms with Crippen LogP contribution < -0.4 is 10.1 Å². The predicted octanol–water partition coefficient (Wildman–Crippen LogP) is 4.18. The number of rotatable bonds is 7. The van der Waals surface area contributed by atoms with E-state index in [0.717, 1.165) is 35.7 Å². The van der Waals surface area contributed by atoms with Crippen molar-refractivity contribution < 1.29 is 9.47 Å². The van der Waals surface area contributed by atoms with Gasteiger partial charge in [0, 0.05) is 30.8 Å². The highest BCUT2D eigenvalue weighted by atomic mass is 35.5. The van der Waals surface area contributed by atoms with Crippen molar-refractivity contribution in [3.05, 3.63) is 58.6 Å². The van der Waals surface area contributed by atoms with Gasteiger partial charge in [0.05, 0.1) is 6.61 Å². The standard InChI is InChI=1S/C17H20ClNO2/c1-13-7-8-15(18)11-17(13)21-16-6-4-3-5-14(16)12-19-9-10-20-2/h3-8,11,19H,9-10,12H2,1-2H3. The van der Waals surface area contributed by atoms with E-state index in [1.54, 1.807) is 7.11 Å². The van der Waals surface area contributed by atoms with Gasteiger partial charge in [0.1, 0.15) is 11.5 Å². The van der Waals surface area contributed by atoms with E-state index in [4.69, 9.17) is 21.1 Å². The minimum absolute atomic E-state index is 0.673. The molecule has 3 nitrogen and oxygen atoms in total. The van der Waals surface area contributed by atoms with Crippen molar-refractivity contribution in [1.29, 1.82) is 0 Å². The number of ether oxygens (including phenoxy) is 2. The summed E-state index contributed by atoms with van der Waals surface area (Å²) >= 11 is 6.03. The fraction of sp³-hybridized carbons (Fsp3) is 0.294. The summed E-state index contributed by atoms with van der Waals surface area (Å²) in [5.41, 5.74) is 2.16. The van der Waals surface area contributed by atoms with Crippen molar-refractivity contribution in [2.75, 3.05) is 20.3 Å². The minimum atomic E-state index is 0.673. The minimum Gasteiger partial charge on any atom is -0.457 e. The van der Waals surface area contributed by atoms with E-state index in [1.165, 1.54) is 0 Å². The molecule has 0 aliphatic heterocycles. The summed E-state index contributed by atoms with van der Waals surface area (Å²) in [5.74, 6) is 1.62. The molecule has 2 aromatic rings. The third-order valence-electron chi connectivity index (χ3n) is 3.14. The second-order valence-corrected chi connectivity index (χ2v) is 5.23. The third-order valence-corrected chi connectivity index (χ3v) is 3.38. The van der Waals surface area contributed by atoms with Crippen LogP contribution in [0, 0.1) is 6.92 Å². The number of aryl methyl sites for hydroxylation is 1. The summed E-state index contributed by atoms with van der Waals surface area (Å²) in [6.07, 6.45) is 0. The van der Waals surface area contributed by atoms with E-state index < -0.39 is 0 Å². The van der Waals surface area contributed by atoms with Crippen LogP contribution in [0.5, 0.6) is 11.5 Å². The molecule has 0 heterocycles. The molecule has 2 aromatic carbocycles. The number of nitrogens with one attached hydrogen (secondary N) is 1. The molecule has 0 radical (unpaired) electrons. The van der Waals surface area contributed by atoms with Gasteiger partial charge >= 0.3 is 0 Å². The Kier molecular flexibility index (Phi) is 6.05. The first-order valence-electron chi connectivity index (χ1n) is 6.92. The van der Waals surface area contributed by atoms with Crippen LogP contribution in [0.1, 0.15) is 11.1 Å². The van der Waals surface area contributed by atoms with Crippen LogP contribution in [-0.2, 0) is 11.3 Å². The monoisotopic (exact) mass is 305 g/mol. The fourth-order valence-electron chi connectivity index (χ4n) is 1.95. The van der Waals surface area contributed by atoms with E-state index in [0.29, 0.717) is 11.6 Å². The van der Waals surface area contributed by atoms with E-state index in [2.05, 4.69) is 11.4 Å². The Balaban J connectivity index is 2.10. The zero-order valence-corrected chi connectivity index (χ0v) is 13.1. The van der Waals surface area contributed by atoms with E-state index in [1.807, 2.05) is 43.3 Å². The molecule has 0 spiro atoms. The topological polar surface area (TPSA) is 30.5 Å². The average Bonchev–Trinajstić information content (AvgIpc) is 2.49. The summed E-state index contributed by atoms with van der Waals surface area (Å²) in [7, 11) is 1.70. The Morgan fingerprint density at radius 3 is 2.71 bits per heavy atom. The van der Waals surface area contributed by atoms with E-state index >= 15 is 0 Å². The molecule has 21 heavy (non-hydrogen) atoms. The first-order valence-corrected chi connectivity index (χ1v) is 7.30. The van der Waals surface area contributed by atoms with Crippen LogP contribution >= 0.6 is 11.6 Å². The molecule has 0 fully saturated rings. The van der Waals surface area contributed by atoms with Crippen LogP contribution in [0.15, 0.2) is 42.5 Å². The number of hydrogen-bond acceptors (Lipinski definition) is 3. The van der Waals surface area contributed by atoms with Gasteiger partial charge in [-0.25, -0.2) is 0 Å². The molecule has 0 saturated carbocycles. The molecule has 0 aliphatic carbocycles. The maximum atomic E-state index is 6.03. The molecule has 4 heteroatoms. The van der Waals surface area contributed by atoms with Crippen molar-refractivity contribution in [3.63, 3.8) is 0 Å². The van der Waals surface area contributed by atoms with Crippen LogP contribution in [0.3, 0.4) is 0 Å². The SMILES string of the molecule is COCCNCc1ccccc1Oc1cc(Cl)ccc1C. The van der Waals surface area contributed by atoms with Crippen LogP contribution in [0.25, 0.3) is 0 Å². The van der Waals surface area contributed by atoms with Crippen molar-refractivity contribution in [1.82, 2.24) is 5.32 Å². The Labute approximate surface area is 130 Å². The molecule has 112 valence electrons. The first kappa shape index (κ1) is 15.8. The number of methoxy groups -OCH3 is 1. The fourth-order valence-corrected chi connectivity index (χ4v) is 2.11. The maximum absolute atomic E-state index is 6.03. The summed E-state index contributed by atoms with van der Waals surface area (Å²) in [5, 5.41) is 4.00. The number of hydrogen-bond donors (Lipinski definition) is 1. The smallest absolute Gasteiger partial charge is 0.131 e. The molecule has 0 amide bonds. The van der Waals surface area contributed by atoms with Crippen molar-refractivity contribution >= 4 is 11.6 Å². The Bertz CT molecular complexity index is 587. The summed E-state index contributed by atoms with van der Waals surface area (Å²) < 4.78 is 11.0. The second-order valence-electron chi connectivity index (χ2n) is 4.79. The Hall–Kier alpha value is -1.55. The van der Waals surface area contributed by atoms with Gasteiger partial charge in [0.25, 0.3) is 0 Å². The number of benzene rings is 2. The summed E-state index contributed by atoms with van der Waals surface area (Å²) in [4.78, 5) is 0. The van der Waals surface area contributed by atoms with Gasteiger partial charge < -0.3 is 14.8 Å². The average molecular weight is 306 g/mol. The van der Waals surface area contributed by atoms with Gasteiger partial charge in [0.2, 0.25) is 0 Å². The highest BCUT2D eigenvalue weighted by Crippen LogP contribution is 2.30. The van der Waals surface area contributed by atoms with Gasteiger partial charge in [-0.3, -0.25) is 0 Å². The van der Waals surface area contributed by atoms with Gasteiger partial charge in [-0.2, -0.15) is 0 Å². The number of para-hydroxylation sites is 1. The molecular formula is C17H20ClNO2. The molecule has 0 bridgehead atoms. The molecular weight excluding hydrogens is 286 g/mol. The van der Waals surface area contributed by atoms with Crippen LogP contribution in [0.2, 0.25) is 5.02 Å². The zero-order chi connectivity index (χ0) is 15.1. The molecule has 0 atom stereocenters. The lowest BCUT2D eigenvalue weighted by molar-refractivity contribution is 0.199. The number of halogens is 1. The highest BCUT2D eigenvalue weighted by molar-refractivity contribution is 6.30. The second kappa shape index (κ2) is 8.03. The molecule has 0 saturated heterocycles. The lowest BCUT2D eigenvalue weighted by Crippen LogP contribution is -2.18.